The van der Waals surface area contributed by atoms with E-state index >= 15 is 0 Å². The van der Waals surface area contributed by atoms with Gasteiger partial charge in [0.25, 0.3) is 0 Å². The minimum absolute atomic E-state index is 0.402. The van der Waals surface area contributed by atoms with Crippen LogP contribution < -0.4 is 10.6 Å². The van der Waals surface area contributed by atoms with Gasteiger partial charge < -0.3 is 20.3 Å². The molecule has 5 nitrogen and oxygen atoms in total. The smallest absolute Gasteiger partial charge is 0.191 e. The zero-order chi connectivity index (χ0) is 17.3. The quantitative estimate of drug-likeness (QED) is 0.501. The Balaban J connectivity index is 1.72. The molecular weight excluding hydrogens is 300 g/mol. The number of methoxy groups -OCH3 is 1. The molecule has 2 fully saturated rings. The van der Waals surface area contributed by atoms with Gasteiger partial charge in [-0.2, -0.15) is 0 Å². The zero-order valence-corrected chi connectivity index (χ0v) is 16.1. The maximum absolute atomic E-state index is 5.33. The van der Waals surface area contributed by atoms with Gasteiger partial charge in [0.05, 0.1) is 0 Å². The normalized spacial score (nSPS) is 24.5. The summed E-state index contributed by atoms with van der Waals surface area (Å²) in [6.45, 7) is 8.91. The van der Waals surface area contributed by atoms with E-state index in [1.165, 1.54) is 58.2 Å². The van der Waals surface area contributed by atoms with E-state index in [2.05, 4.69) is 27.4 Å². The summed E-state index contributed by atoms with van der Waals surface area (Å²) in [5.41, 5.74) is 0.402. The van der Waals surface area contributed by atoms with Crippen LogP contribution in [0.4, 0.5) is 0 Å². The first-order chi connectivity index (χ1) is 11.7. The zero-order valence-electron chi connectivity index (χ0n) is 16.1. The van der Waals surface area contributed by atoms with Crippen LogP contribution in [0.1, 0.15) is 51.9 Å². The highest BCUT2D eigenvalue weighted by Crippen LogP contribution is 2.40. The van der Waals surface area contributed by atoms with Gasteiger partial charge in [-0.3, -0.25) is 4.99 Å². The summed E-state index contributed by atoms with van der Waals surface area (Å²) < 4.78 is 5.33. The van der Waals surface area contributed by atoms with E-state index in [-0.39, 0.29) is 0 Å². The van der Waals surface area contributed by atoms with Crippen LogP contribution in [0.5, 0.6) is 0 Å². The van der Waals surface area contributed by atoms with E-state index in [0.717, 1.165) is 38.0 Å². The molecule has 2 aliphatic rings. The molecule has 140 valence electrons. The van der Waals surface area contributed by atoms with Crippen LogP contribution in [-0.2, 0) is 4.74 Å². The largest absolute Gasteiger partial charge is 0.385 e. The average Bonchev–Trinajstić information content (AvgIpc) is 3.24. The van der Waals surface area contributed by atoms with Gasteiger partial charge in [-0.1, -0.05) is 19.8 Å². The highest BCUT2D eigenvalue weighted by Gasteiger charge is 2.33. The van der Waals surface area contributed by atoms with Crippen LogP contribution in [-0.4, -0.2) is 64.3 Å². The summed E-state index contributed by atoms with van der Waals surface area (Å²) in [5, 5.41) is 7.14. The molecule has 0 aromatic heterocycles. The molecule has 24 heavy (non-hydrogen) atoms. The summed E-state index contributed by atoms with van der Waals surface area (Å²) in [6.07, 6.45) is 9.06. The number of nitrogens with one attached hydrogen (secondary N) is 2. The topological polar surface area (TPSA) is 48.9 Å². The maximum Gasteiger partial charge on any atom is 0.191 e. The molecule has 2 N–H and O–H groups in total. The SMILES string of the molecule is CCCN1CCC(CNC(=NC)NCC2(CCOC)CCCC2)C1. The molecule has 1 heterocycles. The lowest BCUT2D eigenvalue weighted by Crippen LogP contribution is -2.45. The first-order valence-corrected chi connectivity index (χ1v) is 9.87. The van der Waals surface area contributed by atoms with Crippen molar-refractivity contribution in [3.63, 3.8) is 0 Å². The van der Waals surface area contributed by atoms with Crippen molar-refractivity contribution in [1.29, 1.82) is 0 Å². The number of hydrogen-bond donors (Lipinski definition) is 2. The first-order valence-electron chi connectivity index (χ1n) is 9.87. The van der Waals surface area contributed by atoms with Gasteiger partial charge in [0.1, 0.15) is 0 Å². The van der Waals surface area contributed by atoms with Gasteiger partial charge in [0.15, 0.2) is 5.96 Å². The van der Waals surface area contributed by atoms with E-state index < -0.39 is 0 Å². The molecule has 1 aliphatic heterocycles. The van der Waals surface area contributed by atoms with E-state index in [0.29, 0.717) is 5.41 Å². The fraction of sp³-hybridized carbons (Fsp3) is 0.947. The third-order valence-corrected chi connectivity index (χ3v) is 5.82. The molecular formula is C19H38N4O. The van der Waals surface area contributed by atoms with Crippen molar-refractivity contribution in [2.24, 2.45) is 16.3 Å². The number of aliphatic imine (C=N–C) groups is 1. The average molecular weight is 339 g/mol. The molecule has 1 aliphatic carbocycles. The van der Waals surface area contributed by atoms with Gasteiger partial charge in [0, 0.05) is 40.4 Å². The van der Waals surface area contributed by atoms with Crippen molar-refractivity contribution in [3.8, 4) is 0 Å². The second-order valence-electron chi connectivity index (χ2n) is 7.71. The Kier molecular flexibility index (Phi) is 8.33. The summed E-state index contributed by atoms with van der Waals surface area (Å²) in [5.74, 6) is 1.72. The second kappa shape index (κ2) is 10.2. The summed E-state index contributed by atoms with van der Waals surface area (Å²) >= 11 is 0. The summed E-state index contributed by atoms with van der Waals surface area (Å²) in [6, 6.07) is 0. The predicted molar refractivity (Wildman–Crippen MR) is 102 cm³/mol. The van der Waals surface area contributed by atoms with Crippen molar-refractivity contribution in [3.05, 3.63) is 0 Å². The third kappa shape index (κ3) is 5.92. The molecule has 0 spiro atoms. The highest BCUT2D eigenvalue weighted by atomic mass is 16.5. The van der Waals surface area contributed by atoms with Crippen molar-refractivity contribution in [2.45, 2.75) is 51.9 Å². The fourth-order valence-corrected chi connectivity index (χ4v) is 4.29. The molecule has 1 saturated heterocycles. The Labute approximate surface area is 148 Å². The Morgan fingerprint density at radius 1 is 1.29 bits per heavy atom. The number of likely N-dealkylation sites (tertiary alicyclic amines) is 1. The number of ether oxygens (including phenoxy) is 1. The molecule has 0 bridgehead atoms. The van der Waals surface area contributed by atoms with Crippen molar-refractivity contribution < 1.29 is 4.74 Å². The van der Waals surface area contributed by atoms with Crippen LogP contribution >= 0.6 is 0 Å². The van der Waals surface area contributed by atoms with Gasteiger partial charge in [-0.05, 0) is 56.5 Å². The standard InChI is InChI=1S/C19H38N4O/c1-4-11-23-12-7-17(15-23)14-21-18(20-2)22-16-19(10-13-24-3)8-5-6-9-19/h17H,4-16H2,1-3H3,(H2,20,21,22). The first kappa shape index (κ1) is 19.5. The monoisotopic (exact) mass is 338 g/mol. The summed E-state index contributed by atoms with van der Waals surface area (Å²) in [4.78, 5) is 7.01. The highest BCUT2D eigenvalue weighted by molar-refractivity contribution is 5.79. The minimum Gasteiger partial charge on any atom is -0.385 e. The van der Waals surface area contributed by atoms with E-state index in [1.807, 2.05) is 7.05 Å². The predicted octanol–water partition coefficient (Wildman–Crippen LogP) is 2.48. The Bertz CT molecular complexity index is 380. The van der Waals surface area contributed by atoms with Crippen LogP contribution in [0.2, 0.25) is 0 Å². The molecule has 0 amide bonds. The van der Waals surface area contributed by atoms with Crippen molar-refractivity contribution in [1.82, 2.24) is 15.5 Å². The van der Waals surface area contributed by atoms with E-state index in [4.69, 9.17) is 4.74 Å². The maximum atomic E-state index is 5.33. The summed E-state index contributed by atoms with van der Waals surface area (Å²) in [7, 11) is 3.68. The van der Waals surface area contributed by atoms with Gasteiger partial charge in [0.2, 0.25) is 0 Å². The van der Waals surface area contributed by atoms with E-state index in [9.17, 15) is 0 Å². The van der Waals surface area contributed by atoms with Crippen LogP contribution in [0.15, 0.2) is 4.99 Å². The molecule has 2 rings (SSSR count). The minimum atomic E-state index is 0.402. The van der Waals surface area contributed by atoms with Gasteiger partial charge >= 0.3 is 0 Å². The molecule has 5 heteroatoms. The number of nitrogens with zero attached hydrogens (tertiary/aromatic N) is 2. The number of rotatable bonds is 9. The van der Waals surface area contributed by atoms with Gasteiger partial charge in [-0.15, -0.1) is 0 Å². The Morgan fingerprint density at radius 3 is 2.75 bits per heavy atom. The van der Waals surface area contributed by atoms with Gasteiger partial charge in [-0.25, -0.2) is 0 Å². The Morgan fingerprint density at radius 2 is 2.08 bits per heavy atom. The third-order valence-electron chi connectivity index (χ3n) is 5.82. The molecule has 1 atom stereocenters. The lowest BCUT2D eigenvalue weighted by Gasteiger charge is -2.30. The molecule has 0 radical (unpaired) electrons. The molecule has 0 aromatic rings. The lowest BCUT2D eigenvalue weighted by molar-refractivity contribution is 0.138. The number of hydrogen-bond acceptors (Lipinski definition) is 3. The van der Waals surface area contributed by atoms with Crippen LogP contribution in [0, 0.1) is 11.3 Å². The van der Waals surface area contributed by atoms with Crippen molar-refractivity contribution in [2.75, 3.05) is 53.5 Å². The molecule has 1 unspecified atom stereocenters. The molecule has 0 aromatic carbocycles. The van der Waals surface area contributed by atoms with Crippen LogP contribution in [0.25, 0.3) is 0 Å². The fourth-order valence-electron chi connectivity index (χ4n) is 4.29. The van der Waals surface area contributed by atoms with Crippen molar-refractivity contribution >= 4 is 5.96 Å². The lowest BCUT2D eigenvalue weighted by atomic mass is 9.83. The van der Waals surface area contributed by atoms with Crippen LogP contribution in [0.3, 0.4) is 0 Å². The second-order valence-corrected chi connectivity index (χ2v) is 7.71. The van der Waals surface area contributed by atoms with E-state index in [1.54, 1.807) is 7.11 Å². The number of guanidine groups is 1. The Hall–Kier alpha value is -0.810. The molecule has 1 saturated carbocycles.